The van der Waals surface area contributed by atoms with Crippen LogP contribution in [0.4, 0.5) is 4.39 Å². The van der Waals surface area contributed by atoms with Gasteiger partial charge in [-0.3, -0.25) is 4.79 Å². The van der Waals surface area contributed by atoms with Crippen LogP contribution in [-0.2, 0) is 4.74 Å². The van der Waals surface area contributed by atoms with Gasteiger partial charge in [0, 0.05) is 10.0 Å². The minimum Gasteiger partial charge on any atom is -0.462 e. The predicted octanol–water partition coefficient (Wildman–Crippen LogP) is 2.58. The van der Waals surface area contributed by atoms with E-state index in [9.17, 15) is 14.0 Å². The minimum absolute atomic E-state index is 0.0706. The Balaban J connectivity index is 3.26. The normalized spacial score (nSPS) is 9.80. The molecule has 0 aliphatic carbocycles. The van der Waals surface area contributed by atoms with E-state index >= 15 is 0 Å². The van der Waals surface area contributed by atoms with E-state index in [1.54, 1.807) is 6.92 Å². The zero-order valence-electron chi connectivity index (χ0n) is 7.92. The number of ether oxygens (including phenoxy) is 1. The van der Waals surface area contributed by atoms with E-state index in [2.05, 4.69) is 15.9 Å². The van der Waals surface area contributed by atoms with E-state index in [0.717, 1.165) is 12.1 Å². The molecule has 1 aromatic carbocycles. The Kier molecular flexibility index (Phi) is 3.96. The summed E-state index contributed by atoms with van der Waals surface area (Å²) < 4.78 is 17.9. The molecule has 0 spiro atoms. The van der Waals surface area contributed by atoms with E-state index in [1.807, 2.05) is 0 Å². The van der Waals surface area contributed by atoms with E-state index in [-0.39, 0.29) is 22.2 Å². The standard InChI is InChI=1S/C10H8BrFO3/c1-2-15-10(14)7-3-6(12)4-9(11)8(7)5-13/h3-5H,2H2,1H3. The molecule has 1 aromatic rings. The van der Waals surface area contributed by atoms with Crippen LogP contribution in [-0.4, -0.2) is 18.9 Å². The van der Waals surface area contributed by atoms with Crippen molar-refractivity contribution in [1.29, 1.82) is 0 Å². The molecule has 5 heteroatoms. The van der Waals surface area contributed by atoms with Crippen LogP contribution in [0.15, 0.2) is 16.6 Å². The topological polar surface area (TPSA) is 43.4 Å². The first-order valence-electron chi connectivity index (χ1n) is 4.21. The first-order valence-corrected chi connectivity index (χ1v) is 5.00. The van der Waals surface area contributed by atoms with Crippen LogP contribution in [0.25, 0.3) is 0 Å². The van der Waals surface area contributed by atoms with Gasteiger partial charge in [-0.1, -0.05) is 0 Å². The molecule has 0 bridgehead atoms. The smallest absolute Gasteiger partial charge is 0.338 e. The Hall–Kier alpha value is -1.23. The molecule has 0 aliphatic heterocycles. The number of carbonyl (C=O) groups is 2. The Bertz CT molecular complexity index is 404. The molecule has 0 N–H and O–H groups in total. The van der Waals surface area contributed by atoms with Crippen LogP contribution in [0.1, 0.15) is 27.6 Å². The van der Waals surface area contributed by atoms with Crippen LogP contribution in [0.2, 0.25) is 0 Å². The number of aldehydes is 1. The zero-order chi connectivity index (χ0) is 11.4. The molecule has 0 aliphatic rings. The number of carbonyl (C=O) groups excluding carboxylic acids is 2. The van der Waals surface area contributed by atoms with Crippen molar-refractivity contribution < 1.29 is 18.7 Å². The van der Waals surface area contributed by atoms with Gasteiger partial charge in [0.05, 0.1) is 12.2 Å². The Morgan fingerprint density at radius 3 is 2.80 bits per heavy atom. The van der Waals surface area contributed by atoms with E-state index in [1.165, 1.54) is 0 Å². The fourth-order valence-corrected chi connectivity index (χ4v) is 1.61. The highest BCUT2D eigenvalue weighted by molar-refractivity contribution is 9.10. The second-order valence-corrected chi connectivity index (χ2v) is 3.54. The van der Waals surface area contributed by atoms with Crippen LogP contribution in [0.5, 0.6) is 0 Å². The van der Waals surface area contributed by atoms with Gasteiger partial charge in [0.2, 0.25) is 0 Å². The maximum absolute atomic E-state index is 13.0. The highest BCUT2D eigenvalue weighted by Crippen LogP contribution is 2.21. The largest absolute Gasteiger partial charge is 0.462 e. The number of esters is 1. The molecule has 0 amide bonds. The van der Waals surface area contributed by atoms with Gasteiger partial charge in [-0.2, -0.15) is 0 Å². The highest BCUT2D eigenvalue weighted by atomic mass is 79.9. The third kappa shape index (κ3) is 2.62. The lowest BCUT2D eigenvalue weighted by atomic mass is 10.1. The molecule has 1 rings (SSSR count). The molecule has 15 heavy (non-hydrogen) atoms. The SMILES string of the molecule is CCOC(=O)c1cc(F)cc(Br)c1C=O. The fraction of sp³-hybridized carbons (Fsp3) is 0.200. The molecule has 0 saturated heterocycles. The maximum Gasteiger partial charge on any atom is 0.338 e. The number of hydrogen-bond acceptors (Lipinski definition) is 3. The quantitative estimate of drug-likeness (QED) is 0.629. The number of halogens is 2. The molecule has 0 fully saturated rings. The van der Waals surface area contributed by atoms with Crippen molar-refractivity contribution in [3.05, 3.63) is 33.5 Å². The number of benzene rings is 1. The van der Waals surface area contributed by atoms with Crippen LogP contribution < -0.4 is 0 Å². The van der Waals surface area contributed by atoms with Gasteiger partial charge >= 0.3 is 5.97 Å². The third-order valence-electron chi connectivity index (χ3n) is 1.71. The summed E-state index contributed by atoms with van der Waals surface area (Å²) in [6, 6.07) is 2.10. The summed E-state index contributed by atoms with van der Waals surface area (Å²) >= 11 is 3.00. The summed E-state index contributed by atoms with van der Waals surface area (Å²) in [7, 11) is 0. The summed E-state index contributed by atoms with van der Waals surface area (Å²) in [4.78, 5) is 22.1. The van der Waals surface area contributed by atoms with Crippen molar-refractivity contribution in [1.82, 2.24) is 0 Å². The van der Waals surface area contributed by atoms with E-state index < -0.39 is 11.8 Å². The molecule has 0 atom stereocenters. The molecular weight excluding hydrogens is 267 g/mol. The van der Waals surface area contributed by atoms with Crippen molar-refractivity contribution in [2.45, 2.75) is 6.92 Å². The summed E-state index contributed by atoms with van der Waals surface area (Å²) in [6.07, 6.45) is 0.482. The van der Waals surface area contributed by atoms with Crippen LogP contribution in [0.3, 0.4) is 0 Å². The summed E-state index contributed by atoms with van der Waals surface area (Å²) in [5.74, 6) is -1.31. The summed E-state index contributed by atoms with van der Waals surface area (Å²) in [5, 5.41) is 0. The van der Waals surface area contributed by atoms with E-state index in [4.69, 9.17) is 4.74 Å². The van der Waals surface area contributed by atoms with Crippen LogP contribution in [0, 0.1) is 5.82 Å². The average molecular weight is 275 g/mol. The summed E-state index contributed by atoms with van der Waals surface area (Å²) in [6.45, 7) is 1.80. The fourth-order valence-electron chi connectivity index (χ4n) is 1.08. The molecule has 80 valence electrons. The van der Waals surface area contributed by atoms with Gasteiger partial charge < -0.3 is 4.74 Å². The lowest BCUT2D eigenvalue weighted by molar-refractivity contribution is 0.0523. The van der Waals surface area contributed by atoms with Gasteiger partial charge in [-0.05, 0) is 35.0 Å². The molecule has 0 saturated carbocycles. The first-order chi connectivity index (χ1) is 7.10. The van der Waals surface area contributed by atoms with Gasteiger partial charge in [-0.15, -0.1) is 0 Å². The monoisotopic (exact) mass is 274 g/mol. The third-order valence-corrected chi connectivity index (χ3v) is 2.36. The van der Waals surface area contributed by atoms with Crippen molar-refractivity contribution in [2.75, 3.05) is 6.61 Å². The molecule has 0 unspecified atom stereocenters. The Morgan fingerprint density at radius 1 is 1.60 bits per heavy atom. The van der Waals surface area contributed by atoms with E-state index in [0.29, 0.717) is 6.29 Å². The Morgan fingerprint density at radius 2 is 2.27 bits per heavy atom. The lowest BCUT2D eigenvalue weighted by Crippen LogP contribution is -2.09. The van der Waals surface area contributed by atoms with Crippen LogP contribution >= 0.6 is 15.9 Å². The zero-order valence-corrected chi connectivity index (χ0v) is 9.51. The van der Waals surface area contributed by atoms with Crippen molar-refractivity contribution in [2.24, 2.45) is 0 Å². The first kappa shape index (κ1) is 11.8. The second kappa shape index (κ2) is 5.02. The van der Waals surface area contributed by atoms with Crippen molar-refractivity contribution in [3.8, 4) is 0 Å². The second-order valence-electron chi connectivity index (χ2n) is 2.69. The highest BCUT2D eigenvalue weighted by Gasteiger charge is 2.16. The van der Waals surface area contributed by atoms with Crippen molar-refractivity contribution >= 4 is 28.2 Å². The molecule has 0 radical (unpaired) electrons. The van der Waals surface area contributed by atoms with Crippen molar-refractivity contribution in [3.63, 3.8) is 0 Å². The van der Waals surface area contributed by atoms with Gasteiger partial charge in [0.1, 0.15) is 5.82 Å². The summed E-state index contributed by atoms with van der Waals surface area (Å²) in [5.41, 5.74) is 0.0218. The lowest BCUT2D eigenvalue weighted by Gasteiger charge is -2.06. The van der Waals surface area contributed by atoms with Gasteiger partial charge in [0.25, 0.3) is 0 Å². The minimum atomic E-state index is -0.709. The van der Waals surface area contributed by atoms with Gasteiger partial charge in [0.15, 0.2) is 6.29 Å². The molecule has 3 nitrogen and oxygen atoms in total. The Labute approximate surface area is 94.4 Å². The maximum atomic E-state index is 13.0. The molecule has 0 heterocycles. The molecule has 0 aromatic heterocycles. The molecular formula is C10H8BrFO3. The predicted molar refractivity (Wildman–Crippen MR) is 55.4 cm³/mol. The van der Waals surface area contributed by atoms with Gasteiger partial charge in [-0.25, -0.2) is 9.18 Å². The number of hydrogen-bond donors (Lipinski definition) is 0. The average Bonchev–Trinajstić information content (AvgIpc) is 2.17. The number of rotatable bonds is 3.